The molecule has 0 bridgehead atoms. The van der Waals surface area contributed by atoms with Crippen molar-refractivity contribution in [2.75, 3.05) is 14.2 Å². The molecule has 1 aromatic carbocycles. The zero-order valence-corrected chi connectivity index (χ0v) is 19.8. The first-order valence-electron chi connectivity index (χ1n) is 11.5. The lowest BCUT2D eigenvalue weighted by Gasteiger charge is -2.17. The van der Waals surface area contributed by atoms with Gasteiger partial charge in [0.25, 0.3) is 5.92 Å². The third-order valence-corrected chi connectivity index (χ3v) is 6.36. The monoisotopic (exact) mass is 480 g/mol. The van der Waals surface area contributed by atoms with Crippen LogP contribution in [0.5, 0.6) is 5.75 Å². The molecular formula is C26H26F2N4O3. The Morgan fingerprint density at radius 2 is 2.00 bits per heavy atom. The van der Waals surface area contributed by atoms with Crippen LogP contribution in [-0.4, -0.2) is 45.2 Å². The van der Waals surface area contributed by atoms with E-state index in [0.29, 0.717) is 52.0 Å². The lowest BCUT2D eigenvalue weighted by atomic mass is 10.2. The van der Waals surface area contributed by atoms with Crippen LogP contribution in [-0.2, 0) is 17.7 Å². The van der Waals surface area contributed by atoms with Crippen LogP contribution in [0.15, 0.2) is 43.0 Å². The van der Waals surface area contributed by atoms with Gasteiger partial charge in [-0.3, -0.25) is 0 Å². The first-order chi connectivity index (χ1) is 16.8. The van der Waals surface area contributed by atoms with Gasteiger partial charge < -0.3 is 18.6 Å². The van der Waals surface area contributed by atoms with Gasteiger partial charge in [0.05, 0.1) is 37.5 Å². The molecular weight excluding hydrogens is 454 g/mol. The van der Waals surface area contributed by atoms with Gasteiger partial charge in [-0.25, -0.2) is 23.5 Å². The number of alkyl halides is 2. The first-order valence-corrected chi connectivity index (χ1v) is 11.5. The number of aromatic nitrogens is 4. The van der Waals surface area contributed by atoms with E-state index in [0.717, 1.165) is 23.9 Å². The lowest BCUT2D eigenvalue weighted by molar-refractivity contribution is 0.0379. The number of aryl methyl sites for hydroxylation is 1. The molecule has 3 heterocycles. The number of allylic oxidation sites excluding steroid dienone is 1. The van der Waals surface area contributed by atoms with E-state index in [-0.39, 0.29) is 6.04 Å². The van der Waals surface area contributed by atoms with Crippen LogP contribution >= 0.6 is 0 Å². The molecule has 0 saturated heterocycles. The molecule has 0 N–H and O–H groups in total. The molecule has 0 radical (unpaired) electrons. The van der Waals surface area contributed by atoms with Crippen molar-refractivity contribution in [1.82, 2.24) is 19.1 Å². The van der Waals surface area contributed by atoms with Crippen molar-refractivity contribution in [1.29, 1.82) is 0 Å². The fourth-order valence-corrected chi connectivity index (χ4v) is 4.44. The second-order valence-electron chi connectivity index (χ2n) is 8.72. The Morgan fingerprint density at radius 1 is 1.23 bits per heavy atom. The summed E-state index contributed by atoms with van der Waals surface area (Å²) in [6.45, 7) is 4.67. The lowest BCUT2D eigenvalue weighted by Crippen LogP contribution is -2.22. The molecule has 1 fully saturated rings. The fraction of sp³-hybridized carbons (Fsp3) is 0.346. The second-order valence-corrected chi connectivity index (χ2v) is 8.72. The summed E-state index contributed by atoms with van der Waals surface area (Å²) < 4.78 is 43.3. The van der Waals surface area contributed by atoms with Gasteiger partial charge >= 0.3 is 5.97 Å². The highest BCUT2D eigenvalue weighted by Gasteiger charge is 2.34. The molecule has 0 amide bonds. The van der Waals surface area contributed by atoms with Gasteiger partial charge in [-0.15, -0.1) is 0 Å². The van der Waals surface area contributed by atoms with Crippen molar-refractivity contribution in [3.63, 3.8) is 0 Å². The zero-order valence-electron chi connectivity index (χ0n) is 19.8. The van der Waals surface area contributed by atoms with E-state index in [4.69, 9.17) is 14.5 Å². The number of hydrogen-bond donors (Lipinski definition) is 0. The number of carbonyl (C=O) groups excluding carboxylic acids is 1. The SMILES string of the molecule is C=CC(F)(F)Cn1c(-c2nc3cc(C(=O)OC)cc(OC)c3n2C2CC2)cc2ccc(CC)nc21. The van der Waals surface area contributed by atoms with E-state index in [1.807, 2.05) is 29.7 Å². The maximum atomic E-state index is 14.6. The van der Waals surface area contributed by atoms with Crippen molar-refractivity contribution >= 4 is 28.0 Å². The first kappa shape index (κ1) is 23.0. The molecule has 1 saturated carbocycles. The fourth-order valence-electron chi connectivity index (χ4n) is 4.44. The molecule has 35 heavy (non-hydrogen) atoms. The normalized spacial score (nSPS) is 14.0. The van der Waals surface area contributed by atoms with Crippen LogP contribution in [0.1, 0.15) is 41.9 Å². The number of esters is 1. The molecule has 182 valence electrons. The van der Waals surface area contributed by atoms with Gasteiger partial charge in [0.2, 0.25) is 0 Å². The highest BCUT2D eigenvalue weighted by Crippen LogP contribution is 2.45. The quantitative estimate of drug-likeness (QED) is 0.244. The van der Waals surface area contributed by atoms with E-state index in [1.54, 1.807) is 12.1 Å². The number of imidazole rings is 1. The van der Waals surface area contributed by atoms with E-state index < -0.39 is 18.4 Å². The third-order valence-electron chi connectivity index (χ3n) is 6.36. The van der Waals surface area contributed by atoms with Gasteiger partial charge in [-0.05, 0) is 55.7 Å². The summed E-state index contributed by atoms with van der Waals surface area (Å²) in [4.78, 5) is 21.7. The van der Waals surface area contributed by atoms with Crippen molar-refractivity contribution in [3.8, 4) is 17.3 Å². The molecule has 0 spiro atoms. The number of fused-ring (bicyclic) bond motifs is 2. The number of carbonyl (C=O) groups is 1. The summed E-state index contributed by atoms with van der Waals surface area (Å²) in [6.07, 6.45) is 3.20. The molecule has 4 aromatic rings. The van der Waals surface area contributed by atoms with Crippen molar-refractivity contribution < 1.29 is 23.0 Å². The predicted molar refractivity (Wildman–Crippen MR) is 129 cm³/mol. The predicted octanol–water partition coefficient (Wildman–Crippen LogP) is 5.57. The van der Waals surface area contributed by atoms with Gasteiger partial charge in [0, 0.05) is 17.1 Å². The standard InChI is InChI=1S/C26H26F2N4O3/c1-5-17-8-7-15-12-20(31(23(15)29-17)14-26(27,28)6-2)24-30-19-11-16(25(33)35-4)13-21(34-3)22(19)32(24)18-9-10-18/h6-8,11-13,18H,2,5,9-10,14H2,1,3-4H3. The highest BCUT2D eigenvalue weighted by atomic mass is 19.3. The Bertz CT molecular complexity index is 1470. The van der Waals surface area contributed by atoms with Gasteiger partial charge in [-0.2, -0.15) is 0 Å². The minimum Gasteiger partial charge on any atom is -0.494 e. The summed E-state index contributed by atoms with van der Waals surface area (Å²) in [5.74, 6) is -2.65. The Labute approximate surface area is 201 Å². The number of pyridine rings is 1. The Balaban J connectivity index is 1.82. The number of halogens is 2. The van der Waals surface area contributed by atoms with E-state index in [9.17, 15) is 13.6 Å². The van der Waals surface area contributed by atoms with E-state index >= 15 is 0 Å². The molecule has 9 heteroatoms. The number of benzene rings is 1. The molecule has 1 aliphatic carbocycles. The minimum absolute atomic E-state index is 0.151. The Morgan fingerprint density at radius 3 is 2.63 bits per heavy atom. The maximum absolute atomic E-state index is 14.6. The van der Waals surface area contributed by atoms with Crippen LogP contribution in [0, 0.1) is 0 Å². The largest absolute Gasteiger partial charge is 0.494 e. The van der Waals surface area contributed by atoms with Crippen LogP contribution in [0.2, 0.25) is 0 Å². The Hall–Kier alpha value is -3.75. The number of rotatable bonds is 8. The highest BCUT2D eigenvalue weighted by molar-refractivity contribution is 5.97. The molecule has 3 aromatic heterocycles. The molecule has 1 aliphatic rings. The van der Waals surface area contributed by atoms with Crippen LogP contribution in [0.3, 0.4) is 0 Å². The molecule has 5 rings (SSSR count). The third kappa shape index (κ3) is 3.94. The van der Waals surface area contributed by atoms with Crippen LogP contribution in [0.4, 0.5) is 8.78 Å². The van der Waals surface area contributed by atoms with Gasteiger partial charge in [0.15, 0.2) is 5.82 Å². The zero-order chi connectivity index (χ0) is 24.9. The van der Waals surface area contributed by atoms with Gasteiger partial charge in [0.1, 0.15) is 16.9 Å². The van der Waals surface area contributed by atoms with Crippen LogP contribution in [0.25, 0.3) is 33.6 Å². The maximum Gasteiger partial charge on any atom is 0.338 e. The molecule has 7 nitrogen and oxygen atoms in total. The summed E-state index contributed by atoms with van der Waals surface area (Å²) in [6, 6.07) is 9.05. The summed E-state index contributed by atoms with van der Waals surface area (Å²) >= 11 is 0. The summed E-state index contributed by atoms with van der Waals surface area (Å²) in [5, 5.41) is 0.744. The smallest absolute Gasteiger partial charge is 0.338 e. The van der Waals surface area contributed by atoms with Crippen molar-refractivity contribution in [2.24, 2.45) is 0 Å². The minimum atomic E-state index is -3.14. The molecule has 0 aliphatic heterocycles. The van der Waals surface area contributed by atoms with Crippen LogP contribution < -0.4 is 4.74 Å². The summed E-state index contributed by atoms with van der Waals surface area (Å²) in [5.41, 5.74) is 3.35. The number of ether oxygens (including phenoxy) is 2. The van der Waals surface area contributed by atoms with E-state index in [2.05, 4.69) is 11.6 Å². The van der Waals surface area contributed by atoms with Crippen molar-refractivity contribution in [2.45, 2.75) is 44.7 Å². The number of nitrogens with zero attached hydrogens (tertiary/aromatic N) is 4. The molecule has 0 unspecified atom stereocenters. The average Bonchev–Trinajstić information content (AvgIpc) is 3.55. The summed E-state index contributed by atoms with van der Waals surface area (Å²) in [7, 11) is 2.83. The van der Waals surface area contributed by atoms with E-state index in [1.165, 1.54) is 18.8 Å². The number of methoxy groups -OCH3 is 2. The Kier molecular flexibility index (Phi) is 5.57. The van der Waals surface area contributed by atoms with Crippen molar-refractivity contribution in [3.05, 3.63) is 54.2 Å². The molecule has 0 atom stereocenters. The topological polar surface area (TPSA) is 71.2 Å². The average molecular weight is 481 g/mol. The van der Waals surface area contributed by atoms with Gasteiger partial charge in [-0.1, -0.05) is 13.5 Å². The second kappa shape index (κ2) is 8.48. The number of hydrogen-bond acceptors (Lipinski definition) is 5.